The molecule has 0 saturated heterocycles. The zero-order chi connectivity index (χ0) is 22.4. The molecule has 0 radical (unpaired) electrons. The quantitative estimate of drug-likeness (QED) is 0.405. The Morgan fingerprint density at radius 1 is 1.00 bits per heavy atom. The molecule has 0 unspecified atom stereocenters. The van der Waals surface area contributed by atoms with Crippen LogP contribution in [0.1, 0.15) is 45.7 Å². The Bertz CT molecular complexity index is 937. The Labute approximate surface area is 185 Å². The summed E-state index contributed by atoms with van der Waals surface area (Å²) < 4.78 is 8.42. The van der Waals surface area contributed by atoms with E-state index in [1.54, 1.807) is 0 Å². The largest absolute Gasteiger partial charge is 0.484 e. The number of hydrogen-bond donors (Lipinski definition) is 1. The number of ether oxygens (including phenoxy) is 1. The van der Waals surface area contributed by atoms with E-state index in [0.717, 1.165) is 27.7 Å². The van der Waals surface area contributed by atoms with Gasteiger partial charge in [-0.1, -0.05) is 83.7 Å². The van der Waals surface area contributed by atoms with Crippen molar-refractivity contribution < 1.29 is 9.53 Å². The molecule has 3 aromatic carbocycles. The Morgan fingerprint density at radius 3 is 2.37 bits per heavy atom. The Hall–Kier alpha value is -2.72. The van der Waals surface area contributed by atoms with Crippen LogP contribution in [0.2, 0.25) is 0 Å². The van der Waals surface area contributed by atoms with E-state index in [0.29, 0.717) is 5.75 Å². The molecule has 30 heavy (non-hydrogen) atoms. The summed E-state index contributed by atoms with van der Waals surface area (Å²) in [5.74, 6) is 0.507. The fourth-order valence-corrected chi connectivity index (χ4v) is 3.31. The van der Waals surface area contributed by atoms with Crippen LogP contribution in [0.4, 0.5) is 0 Å². The highest BCUT2D eigenvalue weighted by atomic mass is 32.2. The summed E-state index contributed by atoms with van der Waals surface area (Å²) in [6.45, 7) is 13.9. The molecule has 0 spiro atoms. The lowest BCUT2D eigenvalue weighted by atomic mass is 10.1. The third kappa shape index (κ3) is 7.60. The molecule has 0 aliphatic carbocycles. The molecule has 4 heteroatoms. The minimum atomic E-state index is -0.178. The molecule has 0 aromatic heterocycles. The van der Waals surface area contributed by atoms with Gasteiger partial charge in [-0.3, -0.25) is 9.52 Å². The van der Waals surface area contributed by atoms with Crippen molar-refractivity contribution in [2.45, 2.75) is 45.9 Å². The summed E-state index contributed by atoms with van der Waals surface area (Å²) in [5, 5.41) is 2.24. The van der Waals surface area contributed by atoms with Crippen LogP contribution in [0.5, 0.6) is 5.75 Å². The lowest BCUT2D eigenvalue weighted by molar-refractivity contribution is -0.121. The third-order valence-electron chi connectivity index (χ3n) is 4.09. The smallest absolute Gasteiger partial charge is 0.267 e. The van der Waals surface area contributed by atoms with E-state index in [-0.39, 0.29) is 12.5 Å². The van der Waals surface area contributed by atoms with Crippen molar-refractivity contribution in [3.8, 4) is 5.75 Å². The Morgan fingerprint density at radius 2 is 1.70 bits per heavy atom. The van der Waals surface area contributed by atoms with Gasteiger partial charge in [0.05, 0.1) is 0 Å². The van der Waals surface area contributed by atoms with Gasteiger partial charge in [-0.25, -0.2) is 0 Å². The number of rotatable bonds is 7. The molecule has 3 aromatic rings. The highest BCUT2D eigenvalue weighted by Gasteiger charge is 2.06. The van der Waals surface area contributed by atoms with E-state index in [4.69, 9.17) is 4.74 Å². The van der Waals surface area contributed by atoms with Gasteiger partial charge in [0.1, 0.15) is 5.75 Å². The van der Waals surface area contributed by atoms with Crippen molar-refractivity contribution in [2.24, 2.45) is 0 Å². The van der Waals surface area contributed by atoms with E-state index >= 15 is 0 Å². The maximum atomic E-state index is 12.1. The minimum absolute atomic E-state index is 0.0211. The number of aryl methyl sites for hydroxylation is 1. The van der Waals surface area contributed by atoms with Crippen LogP contribution in [0.15, 0.2) is 72.1 Å². The molecule has 1 amide bonds. The molecular formula is C26H33NO2S. The number of carbonyl (C=O) groups is 1. The number of fused-ring (bicyclic) bond motifs is 1. The maximum Gasteiger partial charge on any atom is 0.267 e. The lowest BCUT2D eigenvalue weighted by Crippen LogP contribution is -2.23. The summed E-state index contributed by atoms with van der Waals surface area (Å²) in [6.07, 6.45) is 2.80. The molecule has 1 N–H and O–H groups in total. The van der Waals surface area contributed by atoms with E-state index in [1.165, 1.54) is 17.5 Å². The third-order valence-corrected chi connectivity index (χ3v) is 4.91. The number of benzene rings is 3. The highest BCUT2D eigenvalue weighted by molar-refractivity contribution is 7.98. The molecule has 3 rings (SSSR count). The first-order valence-electron chi connectivity index (χ1n) is 10.5. The zero-order valence-electron chi connectivity index (χ0n) is 18.7. The summed E-state index contributed by atoms with van der Waals surface area (Å²) >= 11 is 1.29. The van der Waals surface area contributed by atoms with Gasteiger partial charge >= 0.3 is 0 Å². The van der Waals surface area contributed by atoms with Crippen LogP contribution in [-0.4, -0.2) is 12.5 Å². The second-order valence-electron chi connectivity index (χ2n) is 5.84. The first-order chi connectivity index (χ1) is 14.7. The van der Waals surface area contributed by atoms with Gasteiger partial charge in [-0.05, 0) is 64.5 Å². The maximum absolute atomic E-state index is 12.1. The van der Waals surface area contributed by atoms with Crippen LogP contribution >= 0.6 is 11.9 Å². The molecule has 0 aliphatic heterocycles. The van der Waals surface area contributed by atoms with Crippen LogP contribution < -0.4 is 9.46 Å². The van der Waals surface area contributed by atoms with E-state index in [1.807, 2.05) is 88.4 Å². The van der Waals surface area contributed by atoms with Gasteiger partial charge in [0.25, 0.3) is 5.91 Å². The van der Waals surface area contributed by atoms with Gasteiger partial charge in [0.2, 0.25) is 0 Å². The van der Waals surface area contributed by atoms with Crippen molar-refractivity contribution in [1.82, 2.24) is 4.72 Å². The van der Waals surface area contributed by atoms with E-state index < -0.39 is 0 Å². The minimum Gasteiger partial charge on any atom is -0.484 e. The van der Waals surface area contributed by atoms with Crippen molar-refractivity contribution in [3.05, 3.63) is 78.4 Å². The molecule has 3 nitrogen and oxygen atoms in total. The standard InChI is InChI=1S/C22H21NO2S.2C2H6/c1-3-16-10-12-21(14-17(16)4-2)26-23-22(24)15-25-20-11-9-18-7-5-6-8-19(18)13-20;2*1-2/h4-14H,2-3,15H2,1H3,(H,23,24);2*1-2H3. The van der Waals surface area contributed by atoms with Gasteiger partial charge < -0.3 is 4.74 Å². The topological polar surface area (TPSA) is 38.3 Å². The number of hydrogen-bond acceptors (Lipinski definition) is 3. The van der Waals surface area contributed by atoms with Crippen molar-refractivity contribution in [3.63, 3.8) is 0 Å². The molecule has 0 bridgehead atoms. The normalized spacial score (nSPS) is 9.50. The Balaban J connectivity index is 0.00000106. The zero-order valence-corrected chi connectivity index (χ0v) is 19.5. The fourth-order valence-electron chi connectivity index (χ4n) is 2.70. The summed E-state index contributed by atoms with van der Waals surface area (Å²) in [5.41, 5.74) is 2.34. The van der Waals surface area contributed by atoms with Gasteiger partial charge in [-0.15, -0.1) is 0 Å². The second kappa shape index (κ2) is 14.3. The Kier molecular flexibility index (Phi) is 12.1. The predicted octanol–water partition coefficient (Wildman–Crippen LogP) is 7.30. The SMILES string of the molecule is C=Cc1cc(SNC(=O)COc2ccc3ccccc3c2)ccc1CC.CC.CC. The molecule has 160 valence electrons. The van der Waals surface area contributed by atoms with Crippen molar-refractivity contribution in [2.75, 3.05) is 6.61 Å². The van der Waals surface area contributed by atoms with E-state index in [9.17, 15) is 4.79 Å². The lowest BCUT2D eigenvalue weighted by Gasteiger charge is -2.09. The van der Waals surface area contributed by atoms with E-state index in [2.05, 4.69) is 24.3 Å². The van der Waals surface area contributed by atoms with Gasteiger partial charge in [0, 0.05) is 4.90 Å². The second-order valence-corrected chi connectivity index (χ2v) is 6.72. The summed E-state index contributed by atoms with van der Waals surface area (Å²) in [4.78, 5) is 13.0. The number of carbonyl (C=O) groups excluding carboxylic acids is 1. The predicted molar refractivity (Wildman–Crippen MR) is 132 cm³/mol. The van der Waals surface area contributed by atoms with Crippen LogP contribution in [-0.2, 0) is 11.2 Å². The van der Waals surface area contributed by atoms with Gasteiger partial charge in [0.15, 0.2) is 6.61 Å². The molecule has 0 fully saturated rings. The van der Waals surface area contributed by atoms with Gasteiger partial charge in [-0.2, -0.15) is 0 Å². The first-order valence-corrected chi connectivity index (χ1v) is 11.3. The molecule has 0 aliphatic rings. The van der Waals surface area contributed by atoms with Crippen molar-refractivity contribution >= 4 is 34.7 Å². The molecular weight excluding hydrogens is 390 g/mol. The first kappa shape index (κ1) is 25.3. The molecule has 0 saturated carbocycles. The molecule has 0 atom stereocenters. The summed E-state index contributed by atoms with van der Waals surface area (Å²) in [7, 11) is 0. The summed E-state index contributed by atoms with van der Waals surface area (Å²) in [6, 6.07) is 20.0. The highest BCUT2D eigenvalue weighted by Crippen LogP contribution is 2.22. The van der Waals surface area contributed by atoms with Crippen LogP contribution in [0.3, 0.4) is 0 Å². The monoisotopic (exact) mass is 423 g/mol. The van der Waals surface area contributed by atoms with Crippen molar-refractivity contribution in [1.29, 1.82) is 0 Å². The van der Waals surface area contributed by atoms with Crippen LogP contribution in [0, 0.1) is 0 Å². The number of amides is 1. The average Bonchev–Trinajstić information content (AvgIpc) is 2.83. The average molecular weight is 424 g/mol. The fraction of sp³-hybridized carbons (Fsp3) is 0.269. The van der Waals surface area contributed by atoms with Crippen LogP contribution in [0.25, 0.3) is 16.8 Å². The number of nitrogens with one attached hydrogen (secondary N) is 1. The molecule has 0 heterocycles.